The van der Waals surface area contributed by atoms with E-state index in [4.69, 9.17) is 31.1 Å². The number of fused-ring (bicyclic) bond motifs is 1. The van der Waals surface area contributed by atoms with Crippen LogP contribution in [0.3, 0.4) is 0 Å². The first-order chi connectivity index (χ1) is 15.7. The summed E-state index contributed by atoms with van der Waals surface area (Å²) in [5, 5.41) is 15.0. The van der Waals surface area contributed by atoms with Crippen LogP contribution in [0.4, 0.5) is 0 Å². The fourth-order valence-electron chi connectivity index (χ4n) is 4.16. The highest BCUT2D eigenvalue weighted by atomic mass is 35.5. The maximum Gasteiger partial charge on any atom is 0.252 e. The molecule has 2 fully saturated rings. The van der Waals surface area contributed by atoms with Crippen molar-refractivity contribution in [3.8, 4) is 6.07 Å². The van der Waals surface area contributed by atoms with Gasteiger partial charge in [-0.25, -0.2) is 0 Å². The molecule has 2 heterocycles. The van der Waals surface area contributed by atoms with E-state index in [-0.39, 0.29) is 31.5 Å². The van der Waals surface area contributed by atoms with Gasteiger partial charge in [-0.05, 0) is 50.2 Å². The number of benzene rings is 2. The molecule has 3 atom stereocenters. The van der Waals surface area contributed by atoms with Crippen molar-refractivity contribution in [2.45, 2.75) is 37.4 Å². The normalized spacial score (nSPS) is 25.2. The molecule has 2 aromatic rings. The molecule has 0 bridgehead atoms. The zero-order valence-corrected chi connectivity index (χ0v) is 19.0. The molecule has 33 heavy (non-hydrogen) atoms. The summed E-state index contributed by atoms with van der Waals surface area (Å²) in [6.45, 7) is 4.15. The molecule has 0 spiro atoms. The van der Waals surface area contributed by atoms with Crippen molar-refractivity contribution >= 4 is 23.4 Å². The van der Waals surface area contributed by atoms with Crippen LogP contribution in [0.25, 0.3) is 0 Å². The monoisotopic (exact) mass is 469 g/mol. The number of ether oxygens (including phenoxy) is 3. The first kappa shape index (κ1) is 23.2. The minimum absolute atomic E-state index is 0.162. The fourth-order valence-corrected chi connectivity index (χ4v) is 4.38. The number of nitrogens with zero attached hydrogens (tertiary/aromatic N) is 1. The van der Waals surface area contributed by atoms with Crippen molar-refractivity contribution in [1.29, 1.82) is 5.26 Å². The largest absolute Gasteiger partial charge is 0.370 e. The lowest BCUT2D eigenvalue weighted by molar-refractivity contribution is -0.188. The third-order valence-electron chi connectivity index (χ3n) is 5.66. The van der Waals surface area contributed by atoms with Crippen LogP contribution in [0, 0.1) is 11.3 Å². The van der Waals surface area contributed by atoms with Crippen LogP contribution in [0.15, 0.2) is 48.5 Å². The van der Waals surface area contributed by atoms with Crippen molar-refractivity contribution in [1.82, 2.24) is 10.6 Å². The molecule has 0 unspecified atom stereocenters. The first-order valence-corrected chi connectivity index (χ1v) is 10.9. The second kappa shape index (κ2) is 9.12. The van der Waals surface area contributed by atoms with Gasteiger partial charge in [0.05, 0.1) is 35.4 Å². The van der Waals surface area contributed by atoms with E-state index in [0.29, 0.717) is 21.7 Å². The lowest BCUT2D eigenvalue weighted by Crippen LogP contribution is -2.52. The molecular formula is C24H24ClN3O5. The summed E-state index contributed by atoms with van der Waals surface area (Å²) < 4.78 is 18.2. The average Bonchev–Trinajstić information content (AvgIpc) is 3.26. The molecule has 172 valence electrons. The molecule has 8 nitrogen and oxygen atoms in total. The third-order valence-corrected chi connectivity index (χ3v) is 5.99. The van der Waals surface area contributed by atoms with E-state index in [9.17, 15) is 9.59 Å². The van der Waals surface area contributed by atoms with Crippen LogP contribution >= 0.6 is 11.6 Å². The molecule has 2 aliphatic rings. The van der Waals surface area contributed by atoms with Gasteiger partial charge >= 0.3 is 0 Å². The third kappa shape index (κ3) is 4.87. The van der Waals surface area contributed by atoms with Gasteiger partial charge in [0.15, 0.2) is 5.79 Å². The Kier molecular flexibility index (Phi) is 6.41. The second-order valence-corrected chi connectivity index (χ2v) is 8.92. The van der Waals surface area contributed by atoms with Crippen molar-refractivity contribution < 1.29 is 23.8 Å². The van der Waals surface area contributed by atoms with E-state index in [0.717, 1.165) is 0 Å². The first-order valence-electron chi connectivity index (χ1n) is 10.5. The summed E-state index contributed by atoms with van der Waals surface area (Å²) >= 11 is 6.11. The number of carbonyl (C=O) groups excluding carboxylic acids is 2. The van der Waals surface area contributed by atoms with Gasteiger partial charge in [0.25, 0.3) is 11.8 Å². The summed E-state index contributed by atoms with van der Waals surface area (Å²) in [5.41, 5.74) is 0.390. The number of nitriles is 1. The number of carbonyl (C=O) groups is 2. The zero-order chi connectivity index (χ0) is 23.6. The van der Waals surface area contributed by atoms with Crippen molar-refractivity contribution in [2.75, 3.05) is 19.7 Å². The summed E-state index contributed by atoms with van der Waals surface area (Å²) in [5.74, 6) is -1.48. The average molecular weight is 470 g/mol. The highest BCUT2D eigenvalue weighted by Gasteiger charge is 2.61. The smallest absolute Gasteiger partial charge is 0.252 e. The fraction of sp³-hybridized carbons (Fsp3) is 0.375. The zero-order valence-electron chi connectivity index (χ0n) is 18.3. The van der Waals surface area contributed by atoms with Crippen LogP contribution in [-0.4, -0.2) is 55.1 Å². The van der Waals surface area contributed by atoms with Gasteiger partial charge in [0.1, 0.15) is 17.8 Å². The van der Waals surface area contributed by atoms with E-state index in [1.54, 1.807) is 62.4 Å². The maximum atomic E-state index is 12.6. The van der Waals surface area contributed by atoms with Crippen LogP contribution in [0.1, 0.15) is 40.1 Å². The van der Waals surface area contributed by atoms with Gasteiger partial charge in [-0.2, -0.15) is 5.26 Å². The predicted molar refractivity (Wildman–Crippen MR) is 120 cm³/mol. The van der Waals surface area contributed by atoms with Gasteiger partial charge < -0.3 is 24.8 Å². The molecule has 0 radical (unpaired) electrons. The number of nitrogens with one attached hydrogen (secondary N) is 2. The van der Waals surface area contributed by atoms with E-state index in [2.05, 4.69) is 10.6 Å². The molecule has 2 aliphatic heterocycles. The number of hydrogen-bond acceptors (Lipinski definition) is 6. The Morgan fingerprint density at radius 1 is 1.12 bits per heavy atom. The summed E-state index contributed by atoms with van der Waals surface area (Å²) in [4.78, 5) is 25.2. The van der Waals surface area contributed by atoms with Crippen LogP contribution in [-0.2, 0) is 14.2 Å². The Bertz CT molecular complexity index is 1100. The Balaban J connectivity index is 1.41. The van der Waals surface area contributed by atoms with Crippen LogP contribution in [0.2, 0.25) is 5.02 Å². The quantitative estimate of drug-likeness (QED) is 0.673. The molecule has 4 rings (SSSR count). The highest BCUT2D eigenvalue weighted by Crippen LogP contribution is 2.43. The van der Waals surface area contributed by atoms with Crippen molar-refractivity contribution in [3.63, 3.8) is 0 Å². The minimum atomic E-state index is -0.897. The lowest BCUT2D eigenvalue weighted by atomic mass is 9.96. The Morgan fingerprint density at radius 3 is 2.55 bits per heavy atom. The number of hydrogen-bond donors (Lipinski definition) is 2. The summed E-state index contributed by atoms with van der Waals surface area (Å²) in [6.07, 6.45) is -0.967. The Labute approximate surface area is 196 Å². The molecule has 0 aromatic heterocycles. The second-order valence-electron chi connectivity index (χ2n) is 8.52. The van der Waals surface area contributed by atoms with Gasteiger partial charge in [0, 0.05) is 12.1 Å². The van der Waals surface area contributed by atoms with E-state index in [1.165, 1.54) is 0 Å². The van der Waals surface area contributed by atoms with Gasteiger partial charge in [-0.1, -0.05) is 23.7 Å². The number of halogens is 1. The van der Waals surface area contributed by atoms with Crippen molar-refractivity contribution in [3.05, 3.63) is 70.2 Å². The maximum absolute atomic E-state index is 12.6. The summed E-state index contributed by atoms with van der Waals surface area (Å²) in [6, 6.07) is 15.2. The molecule has 9 heteroatoms. The highest BCUT2D eigenvalue weighted by molar-refractivity contribution is 6.33. The van der Waals surface area contributed by atoms with Crippen molar-refractivity contribution in [2.24, 2.45) is 0 Å². The molecular weight excluding hydrogens is 446 g/mol. The Morgan fingerprint density at radius 2 is 1.85 bits per heavy atom. The lowest BCUT2D eigenvalue weighted by Gasteiger charge is -2.27. The predicted octanol–water partition coefficient (Wildman–Crippen LogP) is 2.66. The van der Waals surface area contributed by atoms with E-state index in [1.807, 2.05) is 6.07 Å². The topological polar surface area (TPSA) is 110 Å². The molecule has 2 amide bonds. The minimum Gasteiger partial charge on any atom is -0.370 e. The van der Waals surface area contributed by atoms with Crippen LogP contribution < -0.4 is 10.6 Å². The standard InChI is InChI=1S/C24H24ClN3O5/c1-23(2)32-20-19(12-27-22(30)17-5-3-4-6-18(17)25)31-14-24(20,33-23)13-28-21(29)16-9-7-15(11-26)8-10-16/h3-10,19-20H,12-14H2,1-2H3,(H,27,30)(H,28,29)/t19-,20-,24+/m1/s1. The van der Waals surface area contributed by atoms with E-state index < -0.39 is 23.6 Å². The van der Waals surface area contributed by atoms with Gasteiger partial charge in [0.2, 0.25) is 0 Å². The summed E-state index contributed by atoms with van der Waals surface area (Å²) in [7, 11) is 0. The molecule has 2 aromatic carbocycles. The van der Waals surface area contributed by atoms with E-state index >= 15 is 0 Å². The Hall–Kier alpha value is -2.96. The SMILES string of the molecule is CC1(C)O[C@@H]2[C@@H](CNC(=O)c3ccccc3Cl)OC[C@]2(CNC(=O)c2ccc(C#N)cc2)O1. The van der Waals surface area contributed by atoms with Gasteiger partial charge in [-0.3, -0.25) is 9.59 Å². The molecule has 0 aliphatic carbocycles. The molecule has 0 saturated carbocycles. The number of rotatable bonds is 6. The van der Waals surface area contributed by atoms with Crippen LogP contribution in [0.5, 0.6) is 0 Å². The number of amides is 2. The molecule has 2 N–H and O–H groups in total. The van der Waals surface area contributed by atoms with Gasteiger partial charge in [-0.15, -0.1) is 0 Å². The molecule has 2 saturated heterocycles.